The predicted octanol–water partition coefficient (Wildman–Crippen LogP) is 3.40. The van der Waals surface area contributed by atoms with Gasteiger partial charge in [-0.15, -0.1) is 0 Å². The van der Waals surface area contributed by atoms with Crippen molar-refractivity contribution in [3.05, 3.63) is 39.9 Å². The van der Waals surface area contributed by atoms with Crippen LogP contribution in [0.5, 0.6) is 5.75 Å². The van der Waals surface area contributed by atoms with Crippen LogP contribution in [0.4, 0.5) is 0 Å². The van der Waals surface area contributed by atoms with Crippen molar-refractivity contribution in [3.8, 4) is 5.75 Å². The molecule has 0 saturated carbocycles. The van der Waals surface area contributed by atoms with Crippen LogP contribution in [0.15, 0.2) is 29.8 Å². The van der Waals surface area contributed by atoms with Crippen LogP contribution in [0.1, 0.15) is 6.92 Å². The van der Waals surface area contributed by atoms with Gasteiger partial charge < -0.3 is 9.84 Å². The number of carboxylic acid groups (broad SMARTS) is 1. The Morgan fingerprint density at radius 3 is 2.81 bits per heavy atom. The molecule has 1 aromatic carbocycles. The predicted molar refractivity (Wildman–Crippen MR) is 63.3 cm³/mol. The van der Waals surface area contributed by atoms with Gasteiger partial charge in [-0.2, -0.15) is 0 Å². The Morgan fingerprint density at radius 1 is 1.50 bits per heavy atom. The molecule has 0 bridgehead atoms. The molecule has 0 atom stereocenters. The molecule has 0 aliphatic rings. The molecule has 1 N–H and O–H groups in total. The van der Waals surface area contributed by atoms with Crippen molar-refractivity contribution in [3.63, 3.8) is 0 Å². The average molecular weight is 261 g/mol. The van der Waals surface area contributed by atoms with Crippen LogP contribution in [0.25, 0.3) is 0 Å². The van der Waals surface area contributed by atoms with Crippen LogP contribution in [0.3, 0.4) is 0 Å². The second-order valence-electron chi connectivity index (χ2n) is 3.06. The summed E-state index contributed by atoms with van der Waals surface area (Å²) in [5.41, 5.74) is 0.221. The fourth-order valence-electron chi connectivity index (χ4n) is 0.939. The van der Waals surface area contributed by atoms with E-state index in [1.165, 1.54) is 13.0 Å². The van der Waals surface area contributed by atoms with Crippen LogP contribution < -0.4 is 4.74 Å². The minimum absolute atomic E-state index is 0.137. The minimum atomic E-state index is -0.971. The fraction of sp³-hybridized carbons (Fsp3) is 0.182. The maximum Gasteiger partial charge on any atom is 0.331 e. The number of aliphatic carboxylic acids is 1. The van der Waals surface area contributed by atoms with Crippen molar-refractivity contribution >= 4 is 29.2 Å². The van der Waals surface area contributed by atoms with Gasteiger partial charge in [0.15, 0.2) is 0 Å². The van der Waals surface area contributed by atoms with E-state index in [1.807, 2.05) is 0 Å². The lowest BCUT2D eigenvalue weighted by molar-refractivity contribution is -0.132. The number of hydrogen-bond donors (Lipinski definition) is 1. The molecule has 5 heteroatoms. The van der Waals surface area contributed by atoms with E-state index in [0.29, 0.717) is 15.8 Å². The molecule has 3 nitrogen and oxygen atoms in total. The Bertz CT molecular complexity index is 427. The van der Waals surface area contributed by atoms with Gasteiger partial charge in [-0.3, -0.25) is 0 Å². The summed E-state index contributed by atoms with van der Waals surface area (Å²) in [5.74, 6) is -0.538. The van der Waals surface area contributed by atoms with Gasteiger partial charge in [0.25, 0.3) is 0 Å². The third kappa shape index (κ3) is 3.43. The maximum absolute atomic E-state index is 10.5. The Balaban J connectivity index is 2.66. The molecular formula is C11H10Cl2O3. The molecule has 0 aliphatic heterocycles. The third-order valence-corrected chi connectivity index (χ3v) is 2.68. The molecule has 0 saturated heterocycles. The molecule has 16 heavy (non-hydrogen) atoms. The zero-order chi connectivity index (χ0) is 12.1. The quantitative estimate of drug-likeness (QED) is 0.845. The highest BCUT2D eigenvalue weighted by atomic mass is 35.5. The summed E-state index contributed by atoms with van der Waals surface area (Å²) in [5, 5.41) is 9.33. The summed E-state index contributed by atoms with van der Waals surface area (Å²) >= 11 is 11.7. The van der Waals surface area contributed by atoms with Crippen LogP contribution in [0.2, 0.25) is 10.0 Å². The van der Waals surface area contributed by atoms with Crippen molar-refractivity contribution < 1.29 is 14.6 Å². The van der Waals surface area contributed by atoms with Gasteiger partial charge in [-0.1, -0.05) is 29.3 Å². The smallest absolute Gasteiger partial charge is 0.331 e. The Labute approximate surface area is 103 Å². The topological polar surface area (TPSA) is 46.5 Å². The number of halogens is 2. The van der Waals surface area contributed by atoms with Crippen LogP contribution in [-0.4, -0.2) is 17.7 Å². The first-order chi connectivity index (χ1) is 7.52. The lowest BCUT2D eigenvalue weighted by atomic mass is 10.3. The van der Waals surface area contributed by atoms with E-state index in [1.54, 1.807) is 18.2 Å². The maximum atomic E-state index is 10.5. The molecule has 0 spiro atoms. The molecule has 1 aromatic rings. The summed E-state index contributed by atoms with van der Waals surface area (Å²) < 4.78 is 5.28. The minimum Gasteiger partial charge on any atom is -0.488 e. The number of benzene rings is 1. The second-order valence-corrected chi connectivity index (χ2v) is 3.84. The molecule has 86 valence electrons. The number of ether oxygens (including phenoxy) is 1. The Kier molecular flexibility index (Phi) is 4.65. The fourth-order valence-corrected chi connectivity index (χ4v) is 1.29. The van der Waals surface area contributed by atoms with Gasteiger partial charge in [-0.05, 0) is 25.1 Å². The van der Waals surface area contributed by atoms with E-state index >= 15 is 0 Å². The van der Waals surface area contributed by atoms with Gasteiger partial charge in [0.05, 0.1) is 5.02 Å². The number of rotatable bonds is 4. The monoisotopic (exact) mass is 260 g/mol. The average Bonchev–Trinajstić information content (AvgIpc) is 2.24. The van der Waals surface area contributed by atoms with Crippen molar-refractivity contribution in [2.45, 2.75) is 6.92 Å². The largest absolute Gasteiger partial charge is 0.488 e. The van der Waals surface area contributed by atoms with Gasteiger partial charge in [-0.25, -0.2) is 4.79 Å². The zero-order valence-corrected chi connectivity index (χ0v) is 10.0. The van der Waals surface area contributed by atoms with Crippen molar-refractivity contribution in [2.24, 2.45) is 0 Å². The summed E-state index contributed by atoms with van der Waals surface area (Å²) in [7, 11) is 0. The van der Waals surface area contributed by atoms with E-state index in [4.69, 9.17) is 33.0 Å². The Morgan fingerprint density at radius 2 is 2.19 bits per heavy atom. The zero-order valence-electron chi connectivity index (χ0n) is 8.54. The van der Waals surface area contributed by atoms with E-state index < -0.39 is 5.97 Å². The number of hydrogen-bond acceptors (Lipinski definition) is 2. The van der Waals surface area contributed by atoms with Crippen molar-refractivity contribution in [1.82, 2.24) is 0 Å². The molecule has 1 rings (SSSR count). The molecule has 0 fully saturated rings. The van der Waals surface area contributed by atoms with Gasteiger partial charge in [0, 0.05) is 5.57 Å². The molecule has 0 unspecified atom stereocenters. The standard InChI is InChI=1S/C11H10Cl2O3/c1-7(11(14)15)5-6-16-9-4-2-3-8(12)10(9)13/h2-5H,6H2,1H3,(H,14,15). The highest BCUT2D eigenvalue weighted by molar-refractivity contribution is 6.42. The lowest BCUT2D eigenvalue weighted by Crippen LogP contribution is -2.01. The molecule has 0 radical (unpaired) electrons. The third-order valence-electron chi connectivity index (χ3n) is 1.88. The molecule has 0 amide bonds. The first-order valence-electron chi connectivity index (χ1n) is 4.49. The van der Waals surface area contributed by atoms with Crippen LogP contribution in [0, 0.1) is 0 Å². The van der Waals surface area contributed by atoms with Crippen molar-refractivity contribution in [1.29, 1.82) is 0 Å². The van der Waals surface area contributed by atoms with Crippen LogP contribution >= 0.6 is 23.2 Å². The highest BCUT2D eigenvalue weighted by Crippen LogP contribution is 2.31. The second kappa shape index (κ2) is 5.77. The molecule has 0 heterocycles. The first kappa shape index (κ1) is 12.9. The first-order valence-corrected chi connectivity index (χ1v) is 5.25. The van der Waals surface area contributed by atoms with E-state index in [0.717, 1.165) is 0 Å². The summed E-state index contributed by atoms with van der Waals surface area (Å²) in [6.07, 6.45) is 1.46. The van der Waals surface area contributed by atoms with Crippen molar-refractivity contribution in [2.75, 3.05) is 6.61 Å². The normalized spacial score (nSPS) is 11.3. The molecular weight excluding hydrogens is 251 g/mol. The summed E-state index contributed by atoms with van der Waals surface area (Å²) in [6.45, 7) is 1.63. The van der Waals surface area contributed by atoms with E-state index in [-0.39, 0.29) is 12.2 Å². The van der Waals surface area contributed by atoms with Gasteiger partial charge in [0.2, 0.25) is 0 Å². The summed E-state index contributed by atoms with van der Waals surface area (Å²) in [4.78, 5) is 10.5. The lowest BCUT2D eigenvalue weighted by Gasteiger charge is -2.06. The summed E-state index contributed by atoms with van der Waals surface area (Å²) in [6, 6.07) is 5.02. The Hall–Kier alpha value is -1.19. The van der Waals surface area contributed by atoms with Crippen LogP contribution in [-0.2, 0) is 4.79 Å². The number of carbonyl (C=O) groups is 1. The van der Waals surface area contributed by atoms with E-state index in [2.05, 4.69) is 0 Å². The number of carboxylic acids is 1. The molecule has 0 aliphatic carbocycles. The van der Waals surface area contributed by atoms with Gasteiger partial charge >= 0.3 is 5.97 Å². The van der Waals surface area contributed by atoms with E-state index in [9.17, 15) is 4.79 Å². The SMILES string of the molecule is CC(=CCOc1cccc(Cl)c1Cl)C(=O)O. The highest BCUT2D eigenvalue weighted by Gasteiger charge is 2.05. The van der Waals surface area contributed by atoms with Gasteiger partial charge in [0.1, 0.15) is 17.4 Å². The molecule has 0 aromatic heterocycles.